The maximum absolute atomic E-state index is 10.9. The van der Waals surface area contributed by atoms with Crippen molar-refractivity contribution in [2.75, 3.05) is 0 Å². The number of carboxylic acids is 1. The zero-order chi connectivity index (χ0) is 15.4. The molecule has 1 unspecified atom stereocenters. The molecule has 0 aliphatic heterocycles. The number of benzene rings is 2. The first kappa shape index (κ1) is 16.0. The van der Waals surface area contributed by atoms with Crippen LogP contribution in [0, 0.1) is 0 Å². The normalized spacial score (nSPS) is 12.1. The molecule has 0 saturated carbocycles. The van der Waals surface area contributed by atoms with Crippen LogP contribution in [-0.4, -0.2) is 11.1 Å². The summed E-state index contributed by atoms with van der Waals surface area (Å²) in [5.41, 5.74) is 2.31. The maximum atomic E-state index is 10.9. The third-order valence-corrected chi connectivity index (χ3v) is 4.35. The lowest BCUT2D eigenvalue weighted by Crippen LogP contribution is -2.18. The monoisotopic (exact) mass is 367 g/mol. The summed E-state index contributed by atoms with van der Waals surface area (Å²) in [7, 11) is 0. The van der Waals surface area contributed by atoms with Crippen molar-refractivity contribution in [1.82, 2.24) is 5.32 Å². The van der Waals surface area contributed by atoms with E-state index >= 15 is 0 Å². The van der Waals surface area contributed by atoms with E-state index in [4.69, 9.17) is 16.7 Å². The number of rotatable bonds is 5. The molecule has 5 heteroatoms. The van der Waals surface area contributed by atoms with Gasteiger partial charge in [-0.15, -0.1) is 0 Å². The van der Waals surface area contributed by atoms with Gasteiger partial charge in [-0.05, 0) is 36.2 Å². The molecule has 0 amide bonds. The summed E-state index contributed by atoms with van der Waals surface area (Å²) in [5, 5.41) is 13.1. The fourth-order valence-corrected chi connectivity index (χ4v) is 2.84. The summed E-state index contributed by atoms with van der Waals surface area (Å²) in [6.45, 7) is 2.66. The molecule has 110 valence electrons. The molecule has 1 atom stereocenters. The Morgan fingerprint density at radius 2 is 2.05 bits per heavy atom. The van der Waals surface area contributed by atoms with Gasteiger partial charge < -0.3 is 10.4 Å². The maximum Gasteiger partial charge on any atom is 0.335 e. The van der Waals surface area contributed by atoms with Crippen LogP contribution in [0.2, 0.25) is 5.02 Å². The molecular weight excluding hydrogens is 354 g/mol. The lowest BCUT2D eigenvalue weighted by Gasteiger charge is -2.16. The molecule has 0 saturated heterocycles. The highest BCUT2D eigenvalue weighted by molar-refractivity contribution is 9.10. The average Bonchev–Trinajstić information content (AvgIpc) is 2.46. The van der Waals surface area contributed by atoms with Gasteiger partial charge in [0.25, 0.3) is 0 Å². The first-order valence-corrected chi connectivity index (χ1v) is 7.65. The van der Waals surface area contributed by atoms with Crippen LogP contribution in [0.25, 0.3) is 0 Å². The smallest absolute Gasteiger partial charge is 0.335 e. The summed E-state index contributed by atoms with van der Waals surface area (Å²) in [6.07, 6.45) is 0. The molecule has 2 aromatic carbocycles. The summed E-state index contributed by atoms with van der Waals surface area (Å²) < 4.78 is 0.779. The quantitative estimate of drug-likeness (QED) is 0.807. The molecule has 2 aromatic rings. The fraction of sp³-hybridized carbons (Fsp3) is 0.188. The third-order valence-electron chi connectivity index (χ3n) is 3.27. The van der Waals surface area contributed by atoms with Crippen molar-refractivity contribution < 1.29 is 9.90 Å². The van der Waals surface area contributed by atoms with E-state index < -0.39 is 5.97 Å². The fourth-order valence-electron chi connectivity index (χ4n) is 2.02. The van der Waals surface area contributed by atoms with E-state index in [2.05, 4.69) is 21.2 Å². The van der Waals surface area contributed by atoms with Crippen molar-refractivity contribution >= 4 is 33.5 Å². The summed E-state index contributed by atoms with van der Waals surface area (Å²) in [4.78, 5) is 10.9. The minimum absolute atomic E-state index is 0.102. The minimum Gasteiger partial charge on any atom is -0.478 e. The Labute approximate surface area is 137 Å². The lowest BCUT2D eigenvalue weighted by atomic mass is 10.1. The van der Waals surface area contributed by atoms with E-state index in [1.807, 2.05) is 31.2 Å². The first-order valence-electron chi connectivity index (χ1n) is 6.48. The number of nitrogens with one attached hydrogen (secondary N) is 1. The lowest BCUT2D eigenvalue weighted by molar-refractivity contribution is 0.0697. The third kappa shape index (κ3) is 4.06. The molecule has 0 heterocycles. The molecule has 2 N–H and O–H groups in total. The Hall–Kier alpha value is -1.36. The molecule has 0 aromatic heterocycles. The second-order valence-electron chi connectivity index (χ2n) is 4.74. The molecule has 0 radical (unpaired) electrons. The number of hydrogen-bond donors (Lipinski definition) is 2. The van der Waals surface area contributed by atoms with Crippen molar-refractivity contribution in [3.05, 3.63) is 68.7 Å². The Kier molecular flexibility index (Phi) is 5.39. The van der Waals surface area contributed by atoms with Gasteiger partial charge in [0.05, 0.1) is 5.56 Å². The summed E-state index contributed by atoms with van der Waals surface area (Å²) in [5.74, 6) is -0.931. The van der Waals surface area contributed by atoms with Crippen molar-refractivity contribution in [3.63, 3.8) is 0 Å². The Bertz CT molecular complexity index is 660. The SMILES string of the molecule is CC(NCc1ccc(C(=O)O)cc1Br)c1ccccc1Cl. The Morgan fingerprint density at radius 1 is 1.33 bits per heavy atom. The zero-order valence-electron chi connectivity index (χ0n) is 11.4. The van der Waals surface area contributed by atoms with Crippen molar-refractivity contribution in [1.29, 1.82) is 0 Å². The van der Waals surface area contributed by atoms with Gasteiger partial charge in [0.1, 0.15) is 0 Å². The molecule has 0 spiro atoms. The van der Waals surface area contributed by atoms with Crippen molar-refractivity contribution in [2.45, 2.75) is 19.5 Å². The second kappa shape index (κ2) is 7.07. The second-order valence-corrected chi connectivity index (χ2v) is 6.00. The van der Waals surface area contributed by atoms with E-state index in [-0.39, 0.29) is 11.6 Å². The van der Waals surface area contributed by atoms with Crippen molar-refractivity contribution in [3.8, 4) is 0 Å². The van der Waals surface area contributed by atoms with Crippen LogP contribution in [-0.2, 0) is 6.54 Å². The van der Waals surface area contributed by atoms with Crippen LogP contribution in [0.15, 0.2) is 46.9 Å². The highest BCUT2D eigenvalue weighted by Crippen LogP contribution is 2.24. The molecule has 0 aliphatic rings. The largest absolute Gasteiger partial charge is 0.478 e. The standard InChI is InChI=1S/C16H15BrClNO2/c1-10(13-4-2-3-5-15(13)18)19-9-12-7-6-11(16(20)21)8-14(12)17/h2-8,10,19H,9H2,1H3,(H,20,21). The van der Waals surface area contributed by atoms with Crippen LogP contribution in [0.1, 0.15) is 34.5 Å². The van der Waals surface area contributed by atoms with Crippen LogP contribution in [0.4, 0.5) is 0 Å². The van der Waals surface area contributed by atoms with Crippen LogP contribution < -0.4 is 5.32 Å². The topological polar surface area (TPSA) is 49.3 Å². The van der Waals surface area contributed by atoms with Gasteiger partial charge in [0, 0.05) is 22.1 Å². The predicted molar refractivity (Wildman–Crippen MR) is 87.8 cm³/mol. The van der Waals surface area contributed by atoms with Crippen molar-refractivity contribution in [2.24, 2.45) is 0 Å². The van der Waals surface area contributed by atoms with Gasteiger partial charge in [-0.25, -0.2) is 4.79 Å². The first-order chi connectivity index (χ1) is 9.99. The Morgan fingerprint density at radius 3 is 2.67 bits per heavy atom. The molecule has 0 fully saturated rings. The highest BCUT2D eigenvalue weighted by Gasteiger charge is 2.10. The van der Waals surface area contributed by atoms with Gasteiger partial charge in [-0.2, -0.15) is 0 Å². The van der Waals surface area contributed by atoms with E-state index in [9.17, 15) is 4.79 Å². The van der Waals surface area contributed by atoms with Gasteiger partial charge in [-0.1, -0.05) is 51.8 Å². The van der Waals surface area contributed by atoms with E-state index in [0.29, 0.717) is 6.54 Å². The summed E-state index contributed by atoms with van der Waals surface area (Å²) in [6, 6.07) is 12.8. The molecule has 0 aliphatic carbocycles. The zero-order valence-corrected chi connectivity index (χ0v) is 13.8. The van der Waals surface area contributed by atoms with Crippen LogP contribution in [0.3, 0.4) is 0 Å². The van der Waals surface area contributed by atoms with E-state index in [1.54, 1.807) is 18.2 Å². The molecule has 0 bridgehead atoms. The van der Waals surface area contributed by atoms with Crippen LogP contribution >= 0.6 is 27.5 Å². The van der Waals surface area contributed by atoms with E-state index in [0.717, 1.165) is 20.6 Å². The van der Waals surface area contributed by atoms with Gasteiger partial charge in [0.15, 0.2) is 0 Å². The number of hydrogen-bond acceptors (Lipinski definition) is 2. The highest BCUT2D eigenvalue weighted by atomic mass is 79.9. The van der Waals surface area contributed by atoms with Crippen LogP contribution in [0.5, 0.6) is 0 Å². The van der Waals surface area contributed by atoms with Gasteiger partial charge >= 0.3 is 5.97 Å². The minimum atomic E-state index is -0.931. The number of aromatic carboxylic acids is 1. The van der Waals surface area contributed by atoms with Gasteiger partial charge in [0.2, 0.25) is 0 Å². The average molecular weight is 369 g/mol. The molecule has 2 rings (SSSR count). The Balaban J connectivity index is 2.06. The number of halogens is 2. The number of carbonyl (C=O) groups is 1. The van der Waals surface area contributed by atoms with E-state index in [1.165, 1.54) is 0 Å². The summed E-state index contributed by atoms with van der Waals surface area (Å²) >= 11 is 9.58. The number of carboxylic acid groups (broad SMARTS) is 1. The molecular formula is C16H15BrClNO2. The van der Waals surface area contributed by atoms with Gasteiger partial charge in [-0.3, -0.25) is 0 Å². The molecule has 3 nitrogen and oxygen atoms in total. The molecule has 21 heavy (non-hydrogen) atoms. The predicted octanol–water partition coefficient (Wildman–Crippen LogP) is 4.65.